The lowest BCUT2D eigenvalue weighted by Crippen LogP contribution is -2.76. The minimum absolute atomic E-state index is 0.248. The van der Waals surface area contributed by atoms with Gasteiger partial charge in [-0.3, -0.25) is 9.59 Å². The Hall–Kier alpha value is -2.18. The van der Waals surface area contributed by atoms with Gasteiger partial charge >= 0.3 is 11.9 Å². The maximum Gasteiger partial charge on any atom is 0.307 e. The van der Waals surface area contributed by atoms with Gasteiger partial charge in [0.1, 0.15) is 30.0 Å². The second-order valence-electron chi connectivity index (χ2n) is 12.9. The van der Waals surface area contributed by atoms with Crippen molar-refractivity contribution >= 4 is 11.8 Å². The first-order valence-corrected chi connectivity index (χ1v) is 15.0. The molecule has 42 heavy (non-hydrogen) atoms. The number of carbonyl (C=O) groups excluding carboxylic acids is 2. The fourth-order valence-corrected chi connectivity index (χ4v) is 8.66. The van der Waals surface area contributed by atoms with Gasteiger partial charge < -0.3 is 39.0 Å². The first kappa shape index (κ1) is 29.9. The van der Waals surface area contributed by atoms with E-state index in [-0.39, 0.29) is 5.57 Å². The molecule has 0 aromatic rings. The molecule has 3 aliphatic heterocycles. The van der Waals surface area contributed by atoms with Gasteiger partial charge in [-0.15, -0.1) is 0 Å². The van der Waals surface area contributed by atoms with E-state index < -0.39 is 88.9 Å². The SMILES string of the molecule is C=C(C)[C@@]12O[C@@]3(/C=C\C=C/CCCCC)O[C@@H]1[C@@H]1[C@@H]4O[C@]4(CO)[C@@H](O)[C@]4(O)C(=O)C(C)=C[C@H]4[C@@]1(O3)[C@H](C)[C@H]2OC(C)=O. The third-order valence-corrected chi connectivity index (χ3v) is 10.6. The molecule has 3 saturated heterocycles. The number of Topliss-reactive ketones (excluding diaryl/α,β-unsaturated/α-hetero) is 1. The Bertz CT molecular complexity index is 1290. The summed E-state index contributed by atoms with van der Waals surface area (Å²) in [6.45, 7) is 12.2. The number of carbonyl (C=O) groups is 2. The average molecular weight is 587 g/mol. The molecule has 3 bridgehead atoms. The number of unbranched alkanes of at least 4 members (excludes halogenated alkanes) is 3. The lowest BCUT2D eigenvalue weighted by atomic mass is 9.53. The summed E-state index contributed by atoms with van der Waals surface area (Å²) < 4.78 is 32.4. The minimum Gasteiger partial charge on any atom is -0.459 e. The average Bonchev–Trinajstić information content (AvgIpc) is 3.57. The number of ketones is 1. The summed E-state index contributed by atoms with van der Waals surface area (Å²) >= 11 is 0. The molecule has 5 fully saturated rings. The van der Waals surface area contributed by atoms with Crippen LogP contribution < -0.4 is 0 Å². The van der Waals surface area contributed by atoms with Gasteiger partial charge in [0, 0.05) is 30.8 Å². The third kappa shape index (κ3) is 3.51. The summed E-state index contributed by atoms with van der Waals surface area (Å²) in [6.07, 6.45) is 8.71. The normalized spacial score (nSPS) is 50.0. The van der Waals surface area contributed by atoms with Crippen molar-refractivity contribution in [2.24, 2.45) is 17.8 Å². The van der Waals surface area contributed by atoms with Crippen LogP contribution in [0.25, 0.3) is 0 Å². The second kappa shape index (κ2) is 9.66. The zero-order valence-electron chi connectivity index (χ0n) is 24.9. The Labute approximate surface area is 246 Å². The van der Waals surface area contributed by atoms with Gasteiger partial charge in [-0.05, 0) is 37.8 Å². The number of aliphatic hydroxyl groups is 3. The summed E-state index contributed by atoms with van der Waals surface area (Å²) in [5, 5.41) is 34.4. The van der Waals surface area contributed by atoms with Crippen LogP contribution in [0.4, 0.5) is 0 Å². The summed E-state index contributed by atoms with van der Waals surface area (Å²) in [6, 6.07) is 0. The van der Waals surface area contributed by atoms with Crippen LogP contribution in [-0.2, 0) is 33.3 Å². The molecule has 2 saturated carbocycles. The second-order valence-corrected chi connectivity index (χ2v) is 12.9. The van der Waals surface area contributed by atoms with Crippen LogP contribution in [0.1, 0.15) is 60.3 Å². The Morgan fingerprint density at radius 2 is 1.90 bits per heavy atom. The lowest BCUT2D eigenvalue weighted by molar-refractivity contribution is -0.407. The van der Waals surface area contributed by atoms with Crippen molar-refractivity contribution in [2.45, 2.75) is 113 Å². The minimum atomic E-state index is -2.38. The first-order valence-electron chi connectivity index (χ1n) is 15.0. The van der Waals surface area contributed by atoms with Crippen molar-refractivity contribution in [1.29, 1.82) is 0 Å². The predicted molar refractivity (Wildman–Crippen MR) is 149 cm³/mol. The molecule has 0 unspecified atom stereocenters. The number of rotatable bonds is 9. The summed E-state index contributed by atoms with van der Waals surface area (Å²) in [7, 11) is 0. The predicted octanol–water partition coefficient (Wildman–Crippen LogP) is 2.41. The van der Waals surface area contributed by atoms with E-state index in [1.807, 2.05) is 19.1 Å². The number of allylic oxidation sites excluding steroid dienone is 3. The Kier molecular flexibility index (Phi) is 6.87. The molecule has 10 heteroatoms. The van der Waals surface area contributed by atoms with Gasteiger partial charge in [0.05, 0.1) is 12.2 Å². The highest BCUT2D eigenvalue weighted by Gasteiger charge is 2.90. The van der Waals surface area contributed by atoms with E-state index in [1.54, 1.807) is 32.1 Å². The number of fused-ring (bicyclic) bond motifs is 3. The zero-order chi connectivity index (χ0) is 30.5. The van der Waals surface area contributed by atoms with Crippen LogP contribution in [0, 0.1) is 17.8 Å². The van der Waals surface area contributed by atoms with Crippen molar-refractivity contribution < 1.29 is 48.6 Å². The van der Waals surface area contributed by atoms with Crippen LogP contribution in [-0.4, -0.2) is 86.5 Å². The van der Waals surface area contributed by atoms with Crippen molar-refractivity contribution in [1.82, 2.24) is 0 Å². The van der Waals surface area contributed by atoms with E-state index in [2.05, 4.69) is 13.5 Å². The maximum atomic E-state index is 13.7. The number of hydrogen-bond donors (Lipinski definition) is 3. The fourth-order valence-electron chi connectivity index (χ4n) is 8.66. The molecule has 6 rings (SSSR count). The highest BCUT2D eigenvalue weighted by Crippen LogP contribution is 2.73. The first-order chi connectivity index (χ1) is 19.8. The van der Waals surface area contributed by atoms with Crippen LogP contribution in [0.5, 0.6) is 0 Å². The maximum absolute atomic E-state index is 13.7. The highest BCUT2D eigenvalue weighted by atomic mass is 16.9. The molecule has 0 amide bonds. The molecule has 3 N–H and O–H groups in total. The highest BCUT2D eigenvalue weighted by molar-refractivity contribution is 6.05. The molecule has 0 aromatic heterocycles. The number of ether oxygens (including phenoxy) is 5. The molecule has 3 aliphatic carbocycles. The molecule has 6 aliphatic rings. The molecule has 12 atom stereocenters. The summed E-state index contributed by atoms with van der Waals surface area (Å²) in [5.41, 5.74) is -6.12. The molecule has 0 radical (unpaired) electrons. The van der Waals surface area contributed by atoms with Gasteiger partial charge in [-0.1, -0.05) is 57.6 Å². The van der Waals surface area contributed by atoms with E-state index in [0.29, 0.717) is 5.57 Å². The Morgan fingerprint density at radius 3 is 2.55 bits per heavy atom. The summed E-state index contributed by atoms with van der Waals surface area (Å²) in [4.78, 5) is 26.2. The zero-order valence-corrected chi connectivity index (χ0v) is 24.9. The number of esters is 1. The van der Waals surface area contributed by atoms with Crippen molar-refractivity contribution in [3.63, 3.8) is 0 Å². The molecule has 230 valence electrons. The van der Waals surface area contributed by atoms with Gasteiger partial charge in [0.25, 0.3) is 0 Å². The molecule has 0 aromatic carbocycles. The molecule has 0 spiro atoms. The van der Waals surface area contributed by atoms with Crippen LogP contribution in [0.2, 0.25) is 0 Å². The molecule has 10 nitrogen and oxygen atoms in total. The van der Waals surface area contributed by atoms with Gasteiger partial charge in [0.15, 0.2) is 17.0 Å². The van der Waals surface area contributed by atoms with Gasteiger partial charge in [0.2, 0.25) is 0 Å². The smallest absolute Gasteiger partial charge is 0.307 e. The molecule has 3 heterocycles. The largest absolute Gasteiger partial charge is 0.459 e. The topological polar surface area (TPSA) is 144 Å². The third-order valence-electron chi connectivity index (χ3n) is 10.6. The Balaban J connectivity index is 1.55. The molecular weight excluding hydrogens is 544 g/mol. The molecular formula is C32H42O10. The monoisotopic (exact) mass is 586 g/mol. The van der Waals surface area contributed by atoms with E-state index in [9.17, 15) is 24.9 Å². The lowest BCUT2D eigenvalue weighted by Gasteiger charge is -2.61. The number of hydrogen-bond acceptors (Lipinski definition) is 10. The van der Waals surface area contributed by atoms with E-state index in [0.717, 1.165) is 25.7 Å². The van der Waals surface area contributed by atoms with E-state index in [1.165, 1.54) is 6.92 Å². The quantitative estimate of drug-likeness (QED) is 0.121. The van der Waals surface area contributed by atoms with E-state index >= 15 is 0 Å². The van der Waals surface area contributed by atoms with Gasteiger partial charge in [-0.2, -0.15) is 0 Å². The number of epoxide rings is 1. The Morgan fingerprint density at radius 1 is 1.17 bits per heavy atom. The number of aliphatic hydroxyl groups excluding tert-OH is 2. The van der Waals surface area contributed by atoms with Gasteiger partial charge in [-0.25, -0.2) is 0 Å². The van der Waals surface area contributed by atoms with Crippen molar-refractivity contribution in [3.8, 4) is 0 Å². The van der Waals surface area contributed by atoms with Crippen molar-refractivity contribution in [3.05, 3.63) is 48.1 Å². The summed E-state index contributed by atoms with van der Waals surface area (Å²) in [5.74, 6) is -5.58. The van der Waals surface area contributed by atoms with Crippen LogP contribution in [0.15, 0.2) is 48.1 Å². The van der Waals surface area contributed by atoms with E-state index in [4.69, 9.17) is 23.7 Å². The fraction of sp³-hybridized carbons (Fsp3) is 0.688. The van der Waals surface area contributed by atoms with Crippen molar-refractivity contribution in [2.75, 3.05) is 6.61 Å². The van der Waals surface area contributed by atoms with Crippen LogP contribution >= 0.6 is 0 Å². The standard InChI is InChI=1S/C32H42O10/c1-7-8-9-10-11-12-13-14-29-40-26-22-25-28(16-33,39-25)27(36)30(37)21(15-18(4)23(30)35)32(22,42-29)19(5)24(38-20(6)34)31(26,41-29)17(2)3/h11-15,19,21-22,24-27,33,36-37H,2,7-10,16H2,1,3-6H3/b12-11-,14-13-/t19-,21-,22+,24-,25+,26-,27-,28+,29-,30-,31+,32+/m1/s1. The van der Waals surface area contributed by atoms with Crippen LogP contribution in [0.3, 0.4) is 0 Å².